The van der Waals surface area contributed by atoms with Gasteiger partial charge in [-0.25, -0.2) is 8.42 Å². The van der Waals surface area contributed by atoms with Gasteiger partial charge in [-0.3, -0.25) is 0 Å². The van der Waals surface area contributed by atoms with Crippen molar-refractivity contribution in [3.05, 3.63) is 28.2 Å². The Bertz CT molecular complexity index is 587. The third-order valence-electron chi connectivity index (χ3n) is 3.38. The third-order valence-corrected chi connectivity index (χ3v) is 5.89. The van der Waals surface area contributed by atoms with E-state index in [0.717, 1.165) is 28.9 Å². The van der Waals surface area contributed by atoms with E-state index in [0.29, 0.717) is 12.3 Å². The van der Waals surface area contributed by atoms with Crippen molar-refractivity contribution < 1.29 is 13.2 Å². The SMILES string of the molecule is CC(C)CNCc1cc(OC2CCS(=O)(=O)C2)ccc1Br. The molecule has 1 fully saturated rings. The standard InChI is InChI=1S/C15H22BrNO3S/c1-11(2)8-17-9-12-7-13(3-4-15(12)16)20-14-5-6-21(18,19)10-14/h3-4,7,11,14,17H,5-6,8-10H2,1-2H3. The van der Waals surface area contributed by atoms with Gasteiger partial charge in [0.1, 0.15) is 11.9 Å². The molecular weight excluding hydrogens is 354 g/mol. The first kappa shape index (κ1) is 16.8. The Morgan fingerprint density at radius 3 is 2.81 bits per heavy atom. The minimum absolute atomic E-state index is 0.129. The Kier molecular flexibility index (Phi) is 5.68. The third kappa shape index (κ3) is 5.27. The molecule has 1 aliphatic heterocycles. The largest absolute Gasteiger partial charge is 0.489 e. The van der Waals surface area contributed by atoms with Crippen molar-refractivity contribution >= 4 is 25.8 Å². The van der Waals surface area contributed by atoms with E-state index >= 15 is 0 Å². The molecule has 1 aromatic rings. The van der Waals surface area contributed by atoms with Gasteiger partial charge in [-0.2, -0.15) is 0 Å². The second-order valence-corrected chi connectivity index (χ2v) is 9.00. The normalized spacial score (nSPS) is 20.9. The molecule has 6 heteroatoms. The Morgan fingerprint density at radius 2 is 2.19 bits per heavy atom. The maximum absolute atomic E-state index is 11.5. The van der Waals surface area contributed by atoms with Crippen LogP contribution in [0.3, 0.4) is 0 Å². The smallest absolute Gasteiger partial charge is 0.154 e. The quantitative estimate of drug-likeness (QED) is 0.830. The van der Waals surface area contributed by atoms with E-state index in [1.807, 2.05) is 18.2 Å². The number of rotatable bonds is 6. The summed E-state index contributed by atoms with van der Waals surface area (Å²) in [5.74, 6) is 1.70. The van der Waals surface area contributed by atoms with Crippen LogP contribution < -0.4 is 10.1 Å². The first-order valence-electron chi connectivity index (χ1n) is 7.22. The highest BCUT2D eigenvalue weighted by Gasteiger charge is 2.29. The number of ether oxygens (including phenoxy) is 1. The van der Waals surface area contributed by atoms with Gasteiger partial charge in [-0.05, 0) is 42.6 Å². The molecule has 1 atom stereocenters. The topological polar surface area (TPSA) is 55.4 Å². The molecule has 4 nitrogen and oxygen atoms in total. The van der Waals surface area contributed by atoms with Crippen LogP contribution in [-0.2, 0) is 16.4 Å². The van der Waals surface area contributed by atoms with Crippen molar-refractivity contribution in [1.82, 2.24) is 5.32 Å². The molecule has 1 unspecified atom stereocenters. The molecule has 1 aliphatic rings. The first-order valence-corrected chi connectivity index (χ1v) is 9.83. The fourth-order valence-electron chi connectivity index (χ4n) is 2.30. The van der Waals surface area contributed by atoms with E-state index in [-0.39, 0.29) is 17.6 Å². The zero-order valence-corrected chi connectivity index (χ0v) is 14.8. The summed E-state index contributed by atoms with van der Waals surface area (Å²) in [5, 5.41) is 3.39. The Balaban J connectivity index is 1.98. The highest BCUT2D eigenvalue weighted by atomic mass is 79.9. The van der Waals surface area contributed by atoms with Gasteiger partial charge in [0, 0.05) is 11.0 Å². The minimum atomic E-state index is -2.90. The molecule has 0 radical (unpaired) electrons. The Hall–Kier alpha value is -0.590. The van der Waals surface area contributed by atoms with E-state index in [1.54, 1.807) is 0 Å². The zero-order valence-electron chi connectivity index (χ0n) is 12.4. The molecule has 0 bridgehead atoms. The summed E-state index contributed by atoms with van der Waals surface area (Å²) < 4.78 is 29.8. The maximum atomic E-state index is 11.5. The van der Waals surface area contributed by atoms with Gasteiger partial charge in [0.05, 0.1) is 11.5 Å². The molecule has 0 spiro atoms. The highest BCUT2D eigenvalue weighted by molar-refractivity contribution is 9.10. The lowest BCUT2D eigenvalue weighted by Gasteiger charge is -2.14. The number of halogens is 1. The van der Waals surface area contributed by atoms with E-state index in [9.17, 15) is 8.42 Å². The van der Waals surface area contributed by atoms with Crippen LogP contribution in [-0.4, -0.2) is 32.6 Å². The van der Waals surface area contributed by atoms with Gasteiger partial charge in [-0.15, -0.1) is 0 Å². The number of benzene rings is 1. The summed E-state index contributed by atoms with van der Waals surface area (Å²) in [6, 6.07) is 5.80. The fourth-order valence-corrected chi connectivity index (χ4v) is 4.28. The molecular formula is C15H22BrNO3S. The minimum Gasteiger partial charge on any atom is -0.489 e. The van der Waals surface area contributed by atoms with Crippen molar-refractivity contribution in [2.45, 2.75) is 32.9 Å². The molecule has 1 aromatic carbocycles. The second-order valence-electron chi connectivity index (χ2n) is 5.92. The van der Waals surface area contributed by atoms with Gasteiger partial charge in [0.15, 0.2) is 9.84 Å². The van der Waals surface area contributed by atoms with Crippen LogP contribution in [0.5, 0.6) is 5.75 Å². The summed E-state index contributed by atoms with van der Waals surface area (Å²) in [6.07, 6.45) is 0.368. The maximum Gasteiger partial charge on any atom is 0.154 e. The van der Waals surface area contributed by atoms with Crippen molar-refractivity contribution in [2.24, 2.45) is 5.92 Å². The molecule has 0 aliphatic carbocycles. The van der Waals surface area contributed by atoms with Crippen molar-refractivity contribution in [3.63, 3.8) is 0 Å². The average Bonchev–Trinajstić information content (AvgIpc) is 2.72. The second kappa shape index (κ2) is 7.11. The lowest BCUT2D eigenvalue weighted by Crippen LogP contribution is -2.20. The number of hydrogen-bond donors (Lipinski definition) is 1. The Labute approximate surface area is 135 Å². The van der Waals surface area contributed by atoms with Crippen LogP contribution in [0.15, 0.2) is 22.7 Å². The van der Waals surface area contributed by atoms with Crippen LogP contribution in [0.2, 0.25) is 0 Å². The van der Waals surface area contributed by atoms with E-state index in [1.165, 1.54) is 0 Å². The van der Waals surface area contributed by atoms with Crippen molar-refractivity contribution in [3.8, 4) is 5.75 Å². The lowest BCUT2D eigenvalue weighted by molar-refractivity contribution is 0.228. The lowest BCUT2D eigenvalue weighted by atomic mass is 10.2. The summed E-state index contributed by atoms with van der Waals surface area (Å²) in [7, 11) is -2.90. The molecule has 1 N–H and O–H groups in total. The molecule has 118 valence electrons. The summed E-state index contributed by atoms with van der Waals surface area (Å²) in [4.78, 5) is 0. The fraction of sp³-hybridized carbons (Fsp3) is 0.600. The summed E-state index contributed by atoms with van der Waals surface area (Å²) in [5.41, 5.74) is 1.12. The van der Waals surface area contributed by atoms with Crippen LogP contribution in [0, 0.1) is 5.92 Å². The molecule has 0 saturated carbocycles. The van der Waals surface area contributed by atoms with E-state index < -0.39 is 9.84 Å². The average molecular weight is 376 g/mol. The molecule has 1 saturated heterocycles. The first-order chi connectivity index (χ1) is 9.85. The zero-order chi connectivity index (χ0) is 15.5. The molecule has 1 heterocycles. The molecule has 0 aromatic heterocycles. The predicted molar refractivity (Wildman–Crippen MR) is 88.4 cm³/mol. The van der Waals surface area contributed by atoms with Crippen LogP contribution in [0.4, 0.5) is 0 Å². The highest BCUT2D eigenvalue weighted by Crippen LogP contribution is 2.25. The van der Waals surface area contributed by atoms with Gasteiger partial charge >= 0.3 is 0 Å². The van der Waals surface area contributed by atoms with Crippen molar-refractivity contribution in [2.75, 3.05) is 18.1 Å². The molecule has 21 heavy (non-hydrogen) atoms. The predicted octanol–water partition coefficient (Wildman–Crippen LogP) is 2.76. The van der Waals surface area contributed by atoms with Gasteiger partial charge in [0.25, 0.3) is 0 Å². The van der Waals surface area contributed by atoms with Crippen LogP contribution in [0.25, 0.3) is 0 Å². The van der Waals surface area contributed by atoms with E-state index in [4.69, 9.17) is 4.74 Å². The van der Waals surface area contributed by atoms with Crippen LogP contribution >= 0.6 is 15.9 Å². The summed E-state index contributed by atoms with van der Waals surface area (Å²) >= 11 is 3.54. The molecule has 0 amide bonds. The van der Waals surface area contributed by atoms with Gasteiger partial charge in [0.2, 0.25) is 0 Å². The summed E-state index contributed by atoms with van der Waals surface area (Å²) in [6.45, 7) is 6.06. The molecule has 2 rings (SSSR count). The van der Waals surface area contributed by atoms with Crippen LogP contribution in [0.1, 0.15) is 25.8 Å². The van der Waals surface area contributed by atoms with Gasteiger partial charge < -0.3 is 10.1 Å². The van der Waals surface area contributed by atoms with Crippen molar-refractivity contribution in [1.29, 1.82) is 0 Å². The van der Waals surface area contributed by atoms with Gasteiger partial charge in [-0.1, -0.05) is 29.8 Å². The Morgan fingerprint density at radius 1 is 1.43 bits per heavy atom. The number of sulfone groups is 1. The monoisotopic (exact) mass is 375 g/mol. The number of hydrogen-bond acceptors (Lipinski definition) is 4. The van der Waals surface area contributed by atoms with E-state index in [2.05, 4.69) is 35.1 Å². The number of nitrogens with one attached hydrogen (secondary N) is 1.